The molecule has 0 bridgehead atoms. The molecule has 2 N–H and O–H groups in total. The van der Waals surface area contributed by atoms with Crippen molar-refractivity contribution in [3.8, 4) is 11.4 Å². The van der Waals surface area contributed by atoms with E-state index in [4.69, 9.17) is 25.4 Å². The van der Waals surface area contributed by atoms with Crippen LogP contribution in [0.3, 0.4) is 0 Å². The van der Waals surface area contributed by atoms with Crippen LogP contribution in [0.25, 0.3) is 11.4 Å². The Morgan fingerprint density at radius 1 is 0.974 bits per heavy atom. The number of rotatable bonds is 6. The smallest absolute Gasteiger partial charge is 0.253 e. The van der Waals surface area contributed by atoms with Gasteiger partial charge < -0.3 is 25.2 Å². The van der Waals surface area contributed by atoms with Gasteiger partial charge in [0.1, 0.15) is 5.82 Å². The molecule has 1 aromatic carbocycles. The average molecular weight is 520 g/mol. The summed E-state index contributed by atoms with van der Waals surface area (Å²) >= 11 is 0. The highest BCUT2D eigenvalue weighted by Crippen LogP contribution is 2.36. The fourth-order valence-corrected chi connectivity index (χ4v) is 5.09. The lowest BCUT2D eigenvalue weighted by atomic mass is 10.0. The number of morpholine rings is 1. The normalized spacial score (nSPS) is 18.4. The van der Waals surface area contributed by atoms with E-state index in [0.29, 0.717) is 74.3 Å². The lowest BCUT2D eigenvalue weighted by Gasteiger charge is -2.39. The molecule has 0 atom stereocenters. The van der Waals surface area contributed by atoms with E-state index >= 15 is 0 Å². The van der Waals surface area contributed by atoms with Gasteiger partial charge in [-0.3, -0.25) is 4.79 Å². The molecule has 198 valence electrons. The Morgan fingerprint density at radius 2 is 1.68 bits per heavy atom. The Balaban J connectivity index is 1.27. The number of hydrogen-bond donors (Lipinski definition) is 1. The molecule has 3 aromatic rings. The largest absolute Gasteiger partial charge is 0.378 e. The summed E-state index contributed by atoms with van der Waals surface area (Å²) in [5.41, 5.74) is 6.75. The third kappa shape index (κ3) is 5.21. The summed E-state index contributed by atoms with van der Waals surface area (Å²) < 4.78 is 19.2. The zero-order chi connectivity index (χ0) is 26.1. The molecule has 1 amide bonds. The quantitative estimate of drug-likeness (QED) is 0.518. The maximum atomic E-state index is 13.7. The van der Waals surface area contributed by atoms with Crippen molar-refractivity contribution in [3.63, 3.8) is 0 Å². The van der Waals surface area contributed by atoms with Crippen LogP contribution < -0.4 is 15.5 Å². The van der Waals surface area contributed by atoms with Crippen molar-refractivity contribution >= 4 is 23.8 Å². The molecule has 11 nitrogen and oxygen atoms in total. The molecule has 0 spiro atoms. The minimum atomic E-state index is -0.404. The van der Waals surface area contributed by atoms with E-state index < -0.39 is 5.82 Å². The van der Waals surface area contributed by atoms with Gasteiger partial charge in [-0.15, -0.1) is 0 Å². The van der Waals surface area contributed by atoms with Gasteiger partial charge in [0.15, 0.2) is 5.82 Å². The minimum absolute atomic E-state index is 0.138. The number of anilines is 3. The molecule has 38 heavy (non-hydrogen) atoms. The number of nitrogens with zero attached hydrogens (tertiary/aromatic N) is 8. The number of ether oxygens (including phenoxy) is 1. The molecule has 4 heterocycles. The standard InChI is InChI=1S/C26H30FN9O2/c27-19-3-1-2-17(14-19)23(37)34-8-6-21(7-9-34)36(20-4-5-20)26-32-22(18-15-29-24(28)30-16-18)31-25(33-26)35-10-12-38-13-11-35/h1-3,14-16,20-21H,4-13H2,(H2,28,29,30). The fourth-order valence-electron chi connectivity index (χ4n) is 5.09. The summed E-state index contributed by atoms with van der Waals surface area (Å²) in [6, 6.07) is 6.40. The van der Waals surface area contributed by atoms with Gasteiger partial charge in [0.05, 0.1) is 18.8 Å². The first-order valence-electron chi connectivity index (χ1n) is 13.0. The van der Waals surface area contributed by atoms with Crippen LogP contribution >= 0.6 is 0 Å². The second-order valence-corrected chi connectivity index (χ2v) is 9.86. The number of nitrogens with two attached hydrogens (primary N) is 1. The maximum Gasteiger partial charge on any atom is 0.253 e. The first-order valence-corrected chi connectivity index (χ1v) is 13.0. The highest BCUT2D eigenvalue weighted by Gasteiger charge is 2.38. The number of piperidine rings is 1. The van der Waals surface area contributed by atoms with Crippen LogP contribution in [0.2, 0.25) is 0 Å². The SMILES string of the molecule is Nc1ncc(-c2nc(N3CCOCC3)nc(N(C3CC3)C3CCN(C(=O)c4cccc(F)c4)CC3)n2)cn1. The van der Waals surface area contributed by atoms with Crippen LogP contribution in [0.15, 0.2) is 36.7 Å². The van der Waals surface area contributed by atoms with Crippen LogP contribution in [0.1, 0.15) is 36.0 Å². The van der Waals surface area contributed by atoms with Gasteiger partial charge in [0, 0.05) is 56.2 Å². The number of halogens is 1. The van der Waals surface area contributed by atoms with Crippen molar-refractivity contribution in [2.45, 2.75) is 37.8 Å². The Labute approximate surface area is 219 Å². The number of carbonyl (C=O) groups is 1. The first-order chi connectivity index (χ1) is 18.5. The zero-order valence-electron chi connectivity index (χ0n) is 21.0. The van der Waals surface area contributed by atoms with E-state index in [1.165, 1.54) is 12.1 Å². The third-order valence-corrected chi connectivity index (χ3v) is 7.22. The number of nitrogen functional groups attached to an aromatic ring is 1. The molecule has 6 rings (SSSR count). The van der Waals surface area contributed by atoms with Gasteiger partial charge >= 0.3 is 0 Å². The maximum absolute atomic E-state index is 13.7. The van der Waals surface area contributed by atoms with E-state index in [0.717, 1.165) is 25.7 Å². The summed E-state index contributed by atoms with van der Waals surface area (Å²) in [5, 5.41) is 0. The van der Waals surface area contributed by atoms with Gasteiger partial charge in [-0.1, -0.05) is 6.07 Å². The lowest BCUT2D eigenvalue weighted by Crippen LogP contribution is -2.48. The molecular formula is C26H30FN9O2. The Morgan fingerprint density at radius 3 is 2.37 bits per heavy atom. The second-order valence-electron chi connectivity index (χ2n) is 9.86. The van der Waals surface area contributed by atoms with Gasteiger partial charge in [0.2, 0.25) is 17.8 Å². The first kappa shape index (κ1) is 24.4. The summed E-state index contributed by atoms with van der Waals surface area (Å²) in [4.78, 5) is 42.0. The van der Waals surface area contributed by atoms with E-state index in [1.807, 2.05) is 0 Å². The molecule has 1 aliphatic carbocycles. The Kier molecular flexibility index (Phi) is 6.71. The number of likely N-dealkylation sites (tertiary alicyclic amines) is 1. The van der Waals surface area contributed by atoms with Crippen molar-refractivity contribution in [2.24, 2.45) is 0 Å². The summed E-state index contributed by atoms with van der Waals surface area (Å²) in [7, 11) is 0. The third-order valence-electron chi connectivity index (χ3n) is 7.22. The van der Waals surface area contributed by atoms with Crippen molar-refractivity contribution in [2.75, 3.05) is 54.9 Å². The van der Waals surface area contributed by atoms with Gasteiger partial charge in [-0.25, -0.2) is 14.4 Å². The molecular weight excluding hydrogens is 489 g/mol. The highest BCUT2D eigenvalue weighted by molar-refractivity contribution is 5.94. The molecule has 1 saturated carbocycles. The molecule has 2 saturated heterocycles. The summed E-state index contributed by atoms with van der Waals surface area (Å²) in [6.45, 7) is 3.81. The van der Waals surface area contributed by atoms with Crippen molar-refractivity contribution in [3.05, 3.63) is 48.0 Å². The van der Waals surface area contributed by atoms with Crippen LogP contribution in [0.4, 0.5) is 22.2 Å². The monoisotopic (exact) mass is 519 g/mol. The summed E-state index contributed by atoms with van der Waals surface area (Å²) in [5.74, 6) is 1.39. The van der Waals surface area contributed by atoms with E-state index in [9.17, 15) is 9.18 Å². The molecule has 2 aromatic heterocycles. The Bertz CT molecular complexity index is 1290. The molecule has 2 aliphatic heterocycles. The lowest BCUT2D eigenvalue weighted by molar-refractivity contribution is 0.0711. The van der Waals surface area contributed by atoms with Gasteiger partial charge in [-0.2, -0.15) is 15.0 Å². The van der Waals surface area contributed by atoms with Crippen molar-refractivity contribution < 1.29 is 13.9 Å². The van der Waals surface area contributed by atoms with Gasteiger partial charge in [0.25, 0.3) is 5.91 Å². The molecule has 3 aliphatic rings. The van der Waals surface area contributed by atoms with Crippen LogP contribution in [0, 0.1) is 5.82 Å². The molecule has 3 fully saturated rings. The number of aromatic nitrogens is 5. The predicted molar refractivity (Wildman–Crippen MR) is 139 cm³/mol. The van der Waals surface area contributed by atoms with Crippen LogP contribution in [-0.2, 0) is 4.74 Å². The average Bonchev–Trinajstić information content (AvgIpc) is 3.79. The Hall–Kier alpha value is -3.93. The minimum Gasteiger partial charge on any atom is -0.378 e. The topological polar surface area (TPSA) is 126 Å². The highest BCUT2D eigenvalue weighted by atomic mass is 19.1. The molecule has 0 unspecified atom stereocenters. The zero-order valence-corrected chi connectivity index (χ0v) is 21.0. The van der Waals surface area contributed by atoms with E-state index in [1.54, 1.807) is 29.4 Å². The second kappa shape index (κ2) is 10.4. The number of carbonyl (C=O) groups excluding carboxylic acids is 1. The summed E-state index contributed by atoms with van der Waals surface area (Å²) in [6.07, 6.45) is 6.95. The van der Waals surface area contributed by atoms with Crippen molar-refractivity contribution in [1.82, 2.24) is 29.8 Å². The predicted octanol–water partition coefficient (Wildman–Crippen LogP) is 2.16. The van der Waals surface area contributed by atoms with Crippen LogP contribution in [0.5, 0.6) is 0 Å². The number of amides is 1. The number of benzene rings is 1. The number of hydrogen-bond acceptors (Lipinski definition) is 10. The van der Waals surface area contributed by atoms with E-state index in [2.05, 4.69) is 19.8 Å². The molecule has 12 heteroatoms. The van der Waals surface area contributed by atoms with E-state index in [-0.39, 0.29) is 17.9 Å². The van der Waals surface area contributed by atoms with Crippen molar-refractivity contribution in [1.29, 1.82) is 0 Å². The van der Waals surface area contributed by atoms with Gasteiger partial charge in [-0.05, 0) is 43.9 Å². The van der Waals surface area contributed by atoms with Crippen LogP contribution in [-0.4, -0.2) is 87.2 Å². The molecule has 0 radical (unpaired) electrons. The fraction of sp³-hybridized carbons (Fsp3) is 0.462.